The van der Waals surface area contributed by atoms with Crippen molar-refractivity contribution in [1.29, 1.82) is 0 Å². The average Bonchev–Trinajstić information content (AvgIpc) is 3.54. The second-order valence-electron chi connectivity index (χ2n) is 10.5. The molecule has 2 heterocycles. The van der Waals surface area contributed by atoms with Crippen LogP contribution >= 0.6 is 27.3 Å². The van der Waals surface area contributed by atoms with Crippen molar-refractivity contribution >= 4 is 50.9 Å². The van der Waals surface area contributed by atoms with Crippen molar-refractivity contribution in [1.82, 2.24) is 10.2 Å². The first-order valence-electron chi connectivity index (χ1n) is 12.7. The summed E-state index contributed by atoms with van der Waals surface area (Å²) in [4.78, 5) is 41.3. The molecule has 0 aliphatic carbocycles. The van der Waals surface area contributed by atoms with Crippen molar-refractivity contribution in [3.8, 4) is 16.2 Å². The van der Waals surface area contributed by atoms with Gasteiger partial charge >= 0.3 is 6.09 Å². The lowest BCUT2D eigenvalue weighted by Crippen LogP contribution is -2.42. The van der Waals surface area contributed by atoms with Crippen LogP contribution in [0.5, 0.6) is 5.75 Å². The van der Waals surface area contributed by atoms with Crippen LogP contribution in [0.3, 0.4) is 0 Å². The Morgan fingerprint density at radius 2 is 1.80 bits per heavy atom. The molecule has 0 saturated carbocycles. The van der Waals surface area contributed by atoms with Crippen LogP contribution in [0.15, 0.2) is 82.6 Å². The van der Waals surface area contributed by atoms with Gasteiger partial charge in [0, 0.05) is 39.1 Å². The van der Waals surface area contributed by atoms with E-state index in [4.69, 9.17) is 4.74 Å². The molecule has 204 valence electrons. The van der Waals surface area contributed by atoms with E-state index in [2.05, 4.69) is 26.6 Å². The summed E-state index contributed by atoms with van der Waals surface area (Å²) >= 11 is 5.11. The van der Waals surface area contributed by atoms with E-state index in [1.807, 2.05) is 74.7 Å². The molecule has 0 spiro atoms. The fraction of sp³-hybridized carbons (Fsp3) is 0.194. The molecule has 1 aliphatic rings. The minimum Gasteiger partial charge on any atom is -0.408 e. The summed E-state index contributed by atoms with van der Waals surface area (Å²) in [6.07, 6.45) is -0.609. The minimum absolute atomic E-state index is 0.00762. The number of fused-ring (bicyclic) bond motifs is 1. The summed E-state index contributed by atoms with van der Waals surface area (Å²) in [7, 11) is 0. The summed E-state index contributed by atoms with van der Waals surface area (Å²) in [5.74, 6) is -0.110. The second kappa shape index (κ2) is 11.3. The Labute approximate surface area is 245 Å². The molecule has 0 saturated heterocycles. The van der Waals surface area contributed by atoms with Crippen molar-refractivity contribution in [2.75, 3.05) is 5.32 Å². The van der Waals surface area contributed by atoms with Crippen LogP contribution in [-0.2, 0) is 13.1 Å². The summed E-state index contributed by atoms with van der Waals surface area (Å²) in [5.41, 5.74) is 3.86. The first-order valence-corrected chi connectivity index (χ1v) is 14.4. The van der Waals surface area contributed by atoms with Crippen molar-refractivity contribution in [2.24, 2.45) is 0 Å². The molecule has 0 fully saturated rings. The van der Waals surface area contributed by atoms with Crippen molar-refractivity contribution < 1.29 is 19.1 Å². The van der Waals surface area contributed by atoms with Gasteiger partial charge in [-0.15, -0.1) is 11.3 Å². The van der Waals surface area contributed by atoms with Gasteiger partial charge in [0.25, 0.3) is 11.8 Å². The summed E-state index contributed by atoms with van der Waals surface area (Å²) in [6, 6.07) is 22.1. The summed E-state index contributed by atoms with van der Waals surface area (Å²) in [6.45, 7) is 6.54. The third-order valence-corrected chi connectivity index (χ3v) is 7.95. The van der Waals surface area contributed by atoms with Crippen LogP contribution < -0.4 is 15.4 Å². The fourth-order valence-corrected chi connectivity index (χ4v) is 5.62. The predicted octanol–water partition coefficient (Wildman–Crippen LogP) is 7.47. The number of rotatable bonds is 6. The predicted molar refractivity (Wildman–Crippen MR) is 161 cm³/mol. The molecule has 0 unspecified atom stereocenters. The number of anilines is 1. The zero-order valence-electron chi connectivity index (χ0n) is 22.3. The number of benzene rings is 3. The van der Waals surface area contributed by atoms with E-state index in [0.717, 1.165) is 26.0 Å². The monoisotopic (exact) mass is 617 g/mol. The molecule has 4 aromatic rings. The normalized spacial score (nSPS) is 12.7. The minimum atomic E-state index is -0.609. The molecule has 0 atom stereocenters. The largest absolute Gasteiger partial charge is 0.413 e. The van der Waals surface area contributed by atoms with Crippen molar-refractivity contribution in [3.63, 3.8) is 0 Å². The standard InChI is InChI=1S/C31H28BrN3O4S/c1-31(2,3)34-30(38)39-26-14-13-21(27-8-5-15-40-27)16-25(26)33-28(36)20-11-9-19(10-12-20)17-35-18-23-22(29(35)37)6-4-7-24(23)32/h4-16H,17-18H2,1-3H3,(H,33,36)(H,34,38). The van der Waals surface area contributed by atoms with E-state index < -0.39 is 11.6 Å². The van der Waals surface area contributed by atoms with Gasteiger partial charge in [0.15, 0.2) is 5.75 Å². The number of hydrogen-bond donors (Lipinski definition) is 2. The third-order valence-electron chi connectivity index (χ3n) is 6.29. The van der Waals surface area contributed by atoms with Gasteiger partial charge in [-0.05, 0) is 91.4 Å². The van der Waals surface area contributed by atoms with Gasteiger partial charge in [-0.3, -0.25) is 9.59 Å². The molecule has 3 aromatic carbocycles. The van der Waals surface area contributed by atoms with Gasteiger partial charge in [-0.2, -0.15) is 0 Å². The lowest BCUT2D eigenvalue weighted by Gasteiger charge is -2.21. The van der Waals surface area contributed by atoms with Gasteiger partial charge in [0.05, 0.1) is 5.69 Å². The highest BCUT2D eigenvalue weighted by Gasteiger charge is 2.28. The Morgan fingerprint density at radius 1 is 1.02 bits per heavy atom. The Hall–Kier alpha value is -3.95. The van der Waals surface area contributed by atoms with Gasteiger partial charge in [-0.25, -0.2) is 4.79 Å². The number of amides is 3. The number of hydrogen-bond acceptors (Lipinski definition) is 5. The number of nitrogens with one attached hydrogen (secondary N) is 2. The lowest BCUT2D eigenvalue weighted by molar-refractivity contribution is 0.0766. The molecule has 9 heteroatoms. The van der Waals surface area contributed by atoms with E-state index in [1.165, 1.54) is 0 Å². The molecule has 3 amide bonds. The first-order chi connectivity index (χ1) is 19.1. The summed E-state index contributed by atoms with van der Waals surface area (Å²) in [5, 5.41) is 7.65. The molecule has 1 aliphatic heterocycles. The molecular formula is C31H28BrN3O4S. The van der Waals surface area contributed by atoms with Gasteiger partial charge < -0.3 is 20.3 Å². The zero-order chi connectivity index (χ0) is 28.4. The average molecular weight is 619 g/mol. The highest BCUT2D eigenvalue weighted by molar-refractivity contribution is 9.10. The fourth-order valence-electron chi connectivity index (χ4n) is 4.40. The maximum atomic E-state index is 13.2. The SMILES string of the molecule is CC(C)(C)NC(=O)Oc1ccc(-c2cccs2)cc1NC(=O)c1ccc(CN2Cc3c(Br)cccc3C2=O)cc1. The van der Waals surface area contributed by atoms with Gasteiger partial charge in [0.1, 0.15) is 0 Å². The zero-order valence-corrected chi connectivity index (χ0v) is 24.7. The van der Waals surface area contributed by atoms with E-state index in [1.54, 1.807) is 40.5 Å². The van der Waals surface area contributed by atoms with Crippen LogP contribution in [0.1, 0.15) is 52.6 Å². The molecular weight excluding hydrogens is 590 g/mol. The Morgan fingerprint density at radius 3 is 2.48 bits per heavy atom. The number of thiophene rings is 1. The van der Waals surface area contributed by atoms with E-state index in [-0.39, 0.29) is 17.6 Å². The Bertz CT molecular complexity index is 1580. The second-order valence-corrected chi connectivity index (χ2v) is 12.3. The van der Waals surface area contributed by atoms with Crippen LogP contribution in [0.4, 0.5) is 10.5 Å². The molecule has 1 aromatic heterocycles. The maximum Gasteiger partial charge on any atom is 0.413 e. The number of carbonyl (C=O) groups excluding carboxylic acids is 3. The quantitative estimate of drug-likeness (QED) is 0.235. The van der Waals surface area contributed by atoms with E-state index in [9.17, 15) is 14.4 Å². The molecule has 2 N–H and O–H groups in total. The number of ether oxygens (including phenoxy) is 1. The molecule has 0 bridgehead atoms. The van der Waals surface area contributed by atoms with Crippen LogP contribution in [0.25, 0.3) is 10.4 Å². The Kier molecular flexibility index (Phi) is 7.78. The van der Waals surface area contributed by atoms with Crippen molar-refractivity contribution in [2.45, 2.75) is 39.4 Å². The smallest absolute Gasteiger partial charge is 0.408 e. The van der Waals surface area contributed by atoms with E-state index >= 15 is 0 Å². The molecule has 5 rings (SSSR count). The number of halogens is 1. The van der Waals surface area contributed by atoms with Crippen LogP contribution in [0.2, 0.25) is 0 Å². The third kappa shape index (κ3) is 6.26. The van der Waals surface area contributed by atoms with Gasteiger partial charge in [-0.1, -0.05) is 40.2 Å². The van der Waals surface area contributed by atoms with Crippen LogP contribution in [-0.4, -0.2) is 28.3 Å². The number of nitrogens with zero attached hydrogens (tertiary/aromatic N) is 1. The highest BCUT2D eigenvalue weighted by atomic mass is 79.9. The maximum absolute atomic E-state index is 13.2. The van der Waals surface area contributed by atoms with Crippen molar-refractivity contribution in [3.05, 3.63) is 105 Å². The topological polar surface area (TPSA) is 87.7 Å². The molecule has 40 heavy (non-hydrogen) atoms. The first kappa shape index (κ1) is 27.6. The number of carbonyl (C=O) groups is 3. The Balaban J connectivity index is 1.31. The van der Waals surface area contributed by atoms with Crippen LogP contribution in [0, 0.1) is 0 Å². The lowest BCUT2D eigenvalue weighted by atomic mass is 10.1. The summed E-state index contributed by atoms with van der Waals surface area (Å²) < 4.78 is 6.49. The van der Waals surface area contributed by atoms with E-state index in [0.29, 0.717) is 29.9 Å². The highest BCUT2D eigenvalue weighted by Crippen LogP contribution is 2.34. The molecule has 7 nitrogen and oxygen atoms in total. The van der Waals surface area contributed by atoms with Gasteiger partial charge in [0.2, 0.25) is 0 Å². The molecule has 0 radical (unpaired) electrons.